The van der Waals surface area contributed by atoms with Crippen LogP contribution in [0.15, 0.2) is 16.6 Å². The molecule has 0 radical (unpaired) electrons. The molecule has 1 aliphatic rings. The predicted molar refractivity (Wildman–Crippen MR) is 82.1 cm³/mol. The molecule has 0 aliphatic heterocycles. The van der Waals surface area contributed by atoms with E-state index < -0.39 is 21.1 Å². The van der Waals surface area contributed by atoms with Gasteiger partial charge in [-0.25, -0.2) is 12.8 Å². The fraction of sp³-hybridized carbons (Fsp3) is 0.500. The van der Waals surface area contributed by atoms with Crippen molar-refractivity contribution in [1.29, 1.82) is 0 Å². The molecular weight excluding hydrogens is 371 g/mol. The lowest BCUT2D eigenvalue weighted by Gasteiger charge is -2.17. The van der Waals surface area contributed by atoms with Gasteiger partial charge in [0.25, 0.3) is 0 Å². The van der Waals surface area contributed by atoms with Crippen LogP contribution in [0.1, 0.15) is 19.8 Å². The van der Waals surface area contributed by atoms with Gasteiger partial charge in [0.1, 0.15) is 5.82 Å². The van der Waals surface area contributed by atoms with Crippen LogP contribution in [0.25, 0.3) is 0 Å². The van der Waals surface area contributed by atoms with E-state index in [9.17, 15) is 12.8 Å². The molecule has 0 heterocycles. The van der Waals surface area contributed by atoms with Crippen LogP contribution in [-0.4, -0.2) is 26.3 Å². The Morgan fingerprint density at radius 1 is 1.50 bits per heavy atom. The van der Waals surface area contributed by atoms with Gasteiger partial charge in [0.05, 0.1) is 16.0 Å². The molecule has 0 amide bonds. The number of rotatable bonds is 6. The van der Waals surface area contributed by atoms with Gasteiger partial charge in [0, 0.05) is 17.1 Å². The maximum atomic E-state index is 13.1. The van der Waals surface area contributed by atoms with Crippen molar-refractivity contribution in [3.63, 3.8) is 0 Å². The van der Waals surface area contributed by atoms with Crippen LogP contribution in [0.2, 0.25) is 5.02 Å². The van der Waals surface area contributed by atoms with Gasteiger partial charge in [-0.2, -0.15) is 0 Å². The average molecular weight is 386 g/mol. The van der Waals surface area contributed by atoms with Crippen LogP contribution < -0.4 is 10.0 Å². The minimum Gasteiger partial charge on any atom is -0.313 e. The summed E-state index contributed by atoms with van der Waals surface area (Å²) in [7, 11) is -3.59. The van der Waals surface area contributed by atoms with Gasteiger partial charge in [-0.15, -0.1) is 0 Å². The van der Waals surface area contributed by atoms with Gasteiger partial charge in [-0.1, -0.05) is 11.6 Å². The third kappa shape index (κ3) is 4.07. The maximum absolute atomic E-state index is 13.1. The van der Waals surface area contributed by atoms with E-state index >= 15 is 0 Å². The highest BCUT2D eigenvalue weighted by molar-refractivity contribution is 9.10. The summed E-state index contributed by atoms with van der Waals surface area (Å²) in [6.45, 7) is 1.99. The smallest absolute Gasteiger partial charge is 0.236 e. The van der Waals surface area contributed by atoms with E-state index in [1.54, 1.807) is 6.92 Å². The normalized spacial score (nSPS) is 17.0. The van der Waals surface area contributed by atoms with Crippen molar-refractivity contribution < 1.29 is 12.8 Å². The summed E-state index contributed by atoms with van der Waals surface area (Å²) >= 11 is 8.98. The molecule has 0 aromatic heterocycles. The summed E-state index contributed by atoms with van der Waals surface area (Å²) in [6.07, 6.45) is 2.19. The van der Waals surface area contributed by atoms with Crippen molar-refractivity contribution in [3.8, 4) is 0 Å². The third-order valence-electron chi connectivity index (χ3n) is 3.05. The van der Waals surface area contributed by atoms with Crippen molar-refractivity contribution in [2.24, 2.45) is 0 Å². The summed E-state index contributed by atoms with van der Waals surface area (Å²) in [5.74, 6) is -0.534. The Labute approximate surface area is 131 Å². The summed E-state index contributed by atoms with van der Waals surface area (Å²) in [5, 5.41) is 2.56. The zero-order valence-electron chi connectivity index (χ0n) is 10.8. The molecule has 4 nitrogen and oxygen atoms in total. The van der Waals surface area contributed by atoms with Gasteiger partial charge < -0.3 is 5.32 Å². The van der Waals surface area contributed by atoms with Crippen molar-refractivity contribution in [2.45, 2.75) is 31.1 Å². The van der Waals surface area contributed by atoms with Gasteiger partial charge in [-0.05, 0) is 47.8 Å². The first-order valence-corrected chi connectivity index (χ1v) is 8.91. The molecule has 1 aromatic rings. The van der Waals surface area contributed by atoms with Crippen LogP contribution in [0, 0.1) is 5.82 Å². The van der Waals surface area contributed by atoms with E-state index in [2.05, 4.69) is 26.0 Å². The maximum Gasteiger partial charge on any atom is 0.236 e. The molecule has 1 saturated carbocycles. The Hall–Kier alpha value is -0.370. The molecule has 1 unspecified atom stereocenters. The summed E-state index contributed by atoms with van der Waals surface area (Å²) < 4.78 is 40.2. The van der Waals surface area contributed by atoms with Crippen LogP contribution in [-0.2, 0) is 10.0 Å². The summed E-state index contributed by atoms with van der Waals surface area (Å²) in [5.41, 5.74) is 0.159. The molecule has 112 valence electrons. The lowest BCUT2D eigenvalue weighted by atomic mass is 10.3. The number of sulfonamides is 1. The van der Waals surface area contributed by atoms with Crippen LogP contribution >= 0.6 is 27.5 Å². The number of nitrogens with one attached hydrogen (secondary N) is 2. The molecule has 1 fully saturated rings. The molecule has 2 N–H and O–H groups in total. The number of hydrogen-bond donors (Lipinski definition) is 2. The standard InChI is InChI=1S/C12H15BrClFN2O2S/c1-7(6-16-9-2-3-9)20(18,19)17-12-10(13)4-8(15)5-11(12)14/h4-5,7,9,16-17H,2-3,6H2,1H3. The Balaban J connectivity index is 2.10. The highest BCUT2D eigenvalue weighted by atomic mass is 79.9. The van der Waals surface area contributed by atoms with Gasteiger partial charge in [-0.3, -0.25) is 4.72 Å². The zero-order valence-corrected chi connectivity index (χ0v) is 13.9. The molecule has 0 spiro atoms. The minimum atomic E-state index is -3.59. The number of benzene rings is 1. The van der Waals surface area contributed by atoms with E-state index in [0.717, 1.165) is 25.0 Å². The topological polar surface area (TPSA) is 58.2 Å². The van der Waals surface area contributed by atoms with Gasteiger partial charge in [0.15, 0.2) is 0 Å². The fourth-order valence-corrected chi connectivity index (χ4v) is 3.72. The zero-order chi connectivity index (χ0) is 14.9. The Morgan fingerprint density at radius 3 is 2.70 bits per heavy atom. The second-order valence-electron chi connectivity index (χ2n) is 4.88. The van der Waals surface area contributed by atoms with Gasteiger partial charge >= 0.3 is 0 Å². The Kier molecular flexibility index (Phi) is 4.94. The number of hydrogen-bond acceptors (Lipinski definition) is 3. The van der Waals surface area contributed by atoms with Crippen molar-refractivity contribution in [2.75, 3.05) is 11.3 Å². The first-order chi connectivity index (χ1) is 9.29. The van der Waals surface area contributed by atoms with E-state index in [1.807, 2.05) is 0 Å². The molecule has 1 atom stereocenters. The quantitative estimate of drug-likeness (QED) is 0.791. The van der Waals surface area contributed by atoms with Crippen LogP contribution in [0.4, 0.5) is 10.1 Å². The summed E-state index contributed by atoms with van der Waals surface area (Å²) in [6, 6.07) is 2.67. The lowest BCUT2D eigenvalue weighted by molar-refractivity contribution is 0.576. The molecular formula is C12H15BrClFN2O2S. The molecule has 20 heavy (non-hydrogen) atoms. The number of anilines is 1. The molecule has 8 heteroatoms. The Bertz CT molecular complexity index is 584. The second kappa shape index (κ2) is 6.17. The second-order valence-corrected chi connectivity index (χ2v) is 8.25. The van der Waals surface area contributed by atoms with Crippen LogP contribution in [0.3, 0.4) is 0 Å². The predicted octanol–water partition coefficient (Wildman–Crippen LogP) is 3.12. The largest absolute Gasteiger partial charge is 0.313 e. The number of halogens is 3. The molecule has 1 aromatic carbocycles. The van der Waals surface area contributed by atoms with E-state index in [0.29, 0.717) is 12.6 Å². The summed E-state index contributed by atoms with van der Waals surface area (Å²) in [4.78, 5) is 0. The van der Waals surface area contributed by atoms with Crippen molar-refractivity contribution >= 4 is 43.2 Å². The highest BCUT2D eigenvalue weighted by Crippen LogP contribution is 2.33. The van der Waals surface area contributed by atoms with E-state index in [4.69, 9.17) is 11.6 Å². The lowest BCUT2D eigenvalue weighted by Crippen LogP contribution is -2.35. The first-order valence-electron chi connectivity index (χ1n) is 6.19. The monoisotopic (exact) mass is 384 g/mol. The third-order valence-corrected chi connectivity index (χ3v) is 5.69. The average Bonchev–Trinajstić information content (AvgIpc) is 3.14. The molecule has 0 saturated heterocycles. The molecule has 2 rings (SSSR count). The minimum absolute atomic E-state index is 0.0165. The van der Waals surface area contributed by atoms with E-state index in [1.165, 1.54) is 0 Å². The molecule has 0 bridgehead atoms. The van der Waals surface area contributed by atoms with Crippen LogP contribution in [0.5, 0.6) is 0 Å². The Morgan fingerprint density at radius 2 is 2.15 bits per heavy atom. The first kappa shape index (κ1) is 16.0. The fourth-order valence-electron chi connectivity index (χ4n) is 1.61. The van der Waals surface area contributed by atoms with Gasteiger partial charge in [0.2, 0.25) is 10.0 Å². The van der Waals surface area contributed by atoms with Crippen molar-refractivity contribution in [1.82, 2.24) is 5.32 Å². The SMILES string of the molecule is CC(CNC1CC1)S(=O)(=O)Nc1c(Cl)cc(F)cc1Br. The molecule has 1 aliphatic carbocycles. The van der Waals surface area contributed by atoms with E-state index in [-0.39, 0.29) is 15.2 Å². The van der Waals surface area contributed by atoms with Crippen molar-refractivity contribution in [3.05, 3.63) is 27.4 Å². The highest BCUT2D eigenvalue weighted by Gasteiger charge is 2.26.